The van der Waals surface area contributed by atoms with Gasteiger partial charge in [-0.2, -0.15) is 0 Å². The standard InChI is InChI=1S/C86H146N12O38/c1-117-27-29-119-31-33-121-35-37-123-39-41-125-43-45-127-47-49-129-51-53-131-55-57-133-59-61-135-65-73(103)87-21-5-3-11-67(83(113)89-23-7-13-69(99)93-63-79(109)110)95-71(101)15-9-25-91-85(115)81(97-75(105)17-18-76(97)106)82(98-77(107)19-20-78(98)108)86(116)92-26-10-16-72(102)96-68(84(114)90-24-8-14-70(100)94-64-80(111)112)12-4-6-22-88-74(104)66-136-62-60-134-58-56-132-54-52-130-50-48-128-46-44-126-42-40-124-38-36-122-34-32-120-30-28-118-2/h17-20,67-68,81-82H,3-16,21-66H2,1-2H3,(H,87,103)(H,88,104)(H,89,113)(H,90,114)(H,91,115)(H,92,116)(H,93,99)(H,94,100)(H,95,101)(H,96,102)(H,109,110)(H,111,112)/t67-,68-,81-,82-/m0/s1. The predicted octanol–water partition coefficient (Wildman–Crippen LogP) is -5.30. The predicted molar refractivity (Wildman–Crippen MR) is 476 cm³/mol. The molecule has 0 aliphatic carbocycles. The van der Waals surface area contributed by atoms with E-state index >= 15 is 0 Å². The molecule has 0 aromatic carbocycles. The number of carbonyl (C=O) groups is 16. The number of amides is 14. The highest BCUT2D eigenvalue weighted by atomic mass is 16.6. The van der Waals surface area contributed by atoms with Crippen LogP contribution in [-0.2, 0) is 171 Å². The van der Waals surface area contributed by atoms with Gasteiger partial charge in [0.1, 0.15) is 50.5 Å². The van der Waals surface area contributed by atoms with Gasteiger partial charge in [-0.05, 0) is 64.2 Å². The average molecular weight is 1960 g/mol. The molecule has 778 valence electrons. The molecule has 2 rings (SSSR count). The summed E-state index contributed by atoms with van der Waals surface area (Å²) >= 11 is 0. The fraction of sp³-hybridized carbons (Fsp3) is 0.767. The van der Waals surface area contributed by atoms with Crippen LogP contribution in [0.2, 0.25) is 0 Å². The Bertz CT molecular complexity index is 3160. The first-order valence-electron chi connectivity index (χ1n) is 45.8. The molecule has 14 amide bonds. The molecular weight excluding hydrogens is 1810 g/mol. The summed E-state index contributed by atoms with van der Waals surface area (Å²) < 4.78 is 108. The lowest BCUT2D eigenvalue weighted by Gasteiger charge is -2.35. The zero-order valence-electron chi connectivity index (χ0n) is 78.5. The lowest BCUT2D eigenvalue weighted by atomic mass is 10.0. The van der Waals surface area contributed by atoms with Crippen molar-refractivity contribution in [1.82, 2.24) is 63.0 Å². The minimum Gasteiger partial charge on any atom is -0.480 e. The molecule has 50 heteroatoms. The van der Waals surface area contributed by atoms with Crippen LogP contribution in [0.5, 0.6) is 0 Å². The first-order valence-corrected chi connectivity index (χ1v) is 45.8. The summed E-state index contributed by atoms with van der Waals surface area (Å²) in [4.78, 5) is 208. The average Bonchev–Trinajstić information content (AvgIpc) is 1.61. The first kappa shape index (κ1) is 123. The third-order valence-corrected chi connectivity index (χ3v) is 18.5. The summed E-state index contributed by atoms with van der Waals surface area (Å²) in [5, 5.41) is 43.1. The number of aliphatic carboxylic acids is 2. The fourth-order valence-electron chi connectivity index (χ4n) is 11.7. The van der Waals surface area contributed by atoms with Gasteiger partial charge in [-0.25, -0.2) is 0 Å². The maximum Gasteiger partial charge on any atom is 0.322 e. The monoisotopic (exact) mass is 1950 g/mol. The molecule has 12 N–H and O–H groups in total. The summed E-state index contributed by atoms with van der Waals surface area (Å²) in [5.74, 6) is -14.1. The molecule has 0 bridgehead atoms. The van der Waals surface area contributed by atoms with E-state index in [9.17, 15) is 76.7 Å². The van der Waals surface area contributed by atoms with Crippen molar-refractivity contribution >= 4 is 94.6 Å². The van der Waals surface area contributed by atoms with E-state index in [-0.39, 0.29) is 156 Å². The number of ether oxygens (including phenoxy) is 20. The largest absolute Gasteiger partial charge is 0.480 e. The fourth-order valence-corrected chi connectivity index (χ4v) is 11.7. The van der Waals surface area contributed by atoms with Crippen LogP contribution in [0.1, 0.15) is 89.9 Å². The molecule has 0 unspecified atom stereocenters. The molecule has 136 heavy (non-hydrogen) atoms. The van der Waals surface area contributed by atoms with Crippen molar-refractivity contribution in [2.24, 2.45) is 0 Å². The van der Waals surface area contributed by atoms with Crippen molar-refractivity contribution in [3.05, 3.63) is 24.3 Å². The molecule has 0 saturated heterocycles. The Balaban J connectivity index is 1.86. The van der Waals surface area contributed by atoms with E-state index in [4.69, 9.17) is 105 Å². The van der Waals surface area contributed by atoms with Crippen LogP contribution in [0, 0.1) is 0 Å². The third-order valence-electron chi connectivity index (χ3n) is 18.5. The minimum absolute atomic E-state index is 0.0467. The van der Waals surface area contributed by atoms with E-state index in [0.717, 1.165) is 24.3 Å². The first-order chi connectivity index (χ1) is 66.1. The second-order valence-electron chi connectivity index (χ2n) is 29.4. The maximum absolute atomic E-state index is 14.4. The molecule has 2 aliphatic rings. The lowest BCUT2D eigenvalue weighted by Crippen LogP contribution is -2.66. The van der Waals surface area contributed by atoms with E-state index in [1.54, 1.807) is 14.2 Å². The van der Waals surface area contributed by atoms with Crippen LogP contribution in [0.4, 0.5) is 0 Å². The molecule has 2 heterocycles. The van der Waals surface area contributed by atoms with Gasteiger partial charge in [-0.1, -0.05) is 0 Å². The zero-order valence-corrected chi connectivity index (χ0v) is 78.5. The van der Waals surface area contributed by atoms with Crippen LogP contribution >= 0.6 is 0 Å². The number of nitrogens with one attached hydrogen (secondary N) is 10. The van der Waals surface area contributed by atoms with Crippen molar-refractivity contribution in [3.8, 4) is 0 Å². The number of carboxylic acid groups (broad SMARTS) is 2. The molecule has 4 atom stereocenters. The molecule has 0 aromatic heterocycles. The van der Waals surface area contributed by atoms with Crippen LogP contribution in [-0.4, -0.2) is 456 Å². The van der Waals surface area contributed by atoms with Crippen LogP contribution < -0.4 is 53.2 Å². The third kappa shape index (κ3) is 68.6. The second kappa shape index (κ2) is 86.0. The Morgan fingerprint density at radius 1 is 0.250 bits per heavy atom. The Morgan fingerprint density at radius 2 is 0.456 bits per heavy atom. The lowest BCUT2D eigenvalue weighted by molar-refractivity contribution is -0.156. The maximum atomic E-state index is 14.4. The van der Waals surface area contributed by atoms with Crippen molar-refractivity contribution in [2.75, 3.05) is 318 Å². The number of methoxy groups -OCH3 is 2. The molecule has 50 nitrogen and oxygen atoms in total. The van der Waals surface area contributed by atoms with Gasteiger partial charge in [0.25, 0.3) is 23.6 Å². The van der Waals surface area contributed by atoms with E-state index in [1.165, 1.54) is 0 Å². The Labute approximate surface area is 792 Å². The molecule has 0 fully saturated rings. The summed E-state index contributed by atoms with van der Waals surface area (Å²) in [6, 6.07) is -6.80. The normalized spacial score (nSPS) is 13.2. The molecule has 0 spiro atoms. The molecular formula is C86H146N12O38. The number of carbonyl (C=O) groups excluding carboxylic acids is 14. The van der Waals surface area contributed by atoms with E-state index < -0.39 is 145 Å². The summed E-state index contributed by atoms with van der Waals surface area (Å²) in [6.07, 6.45) is 3.34. The smallest absolute Gasteiger partial charge is 0.322 e. The zero-order chi connectivity index (χ0) is 99.2. The van der Waals surface area contributed by atoms with Gasteiger partial charge >= 0.3 is 11.9 Å². The molecule has 2 aliphatic heterocycles. The molecule has 0 aromatic rings. The number of imide groups is 2. The number of hydrogen-bond acceptors (Lipinski definition) is 36. The Hall–Kier alpha value is -9.40. The highest BCUT2D eigenvalue weighted by Crippen LogP contribution is 2.22. The molecule has 0 saturated carbocycles. The number of rotatable bonds is 97. The van der Waals surface area contributed by atoms with Crippen molar-refractivity contribution in [3.63, 3.8) is 0 Å². The van der Waals surface area contributed by atoms with Crippen LogP contribution in [0.25, 0.3) is 0 Å². The second-order valence-corrected chi connectivity index (χ2v) is 29.4. The SMILES string of the molecule is COCCOCCOCCOCCOCCOCCOCCOCCOCCOCC(=O)NCCCC[C@H](NC(=O)CCCNC(=O)[C@H]([C@@H](C(=O)NCCCC(=O)N[C@@H](CCCCNC(=O)COCCOCCOCCOCCOCCOCCOCCOCCOCCOC)C(=O)NCCCC(=O)NCC(=O)O)N1C(=O)C=CC1=O)N1C(=O)C=CC1=O)C(=O)NCCCC(=O)NCC(=O)O. The summed E-state index contributed by atoms with van der Waals surface area (Å²) in [7, 11) is 3.23. The number of unbranched alkanes of at least 4 members (excludes halogenated alkanes) is 2. The van der Waals surface area contributed by atoms with E-state index in [2.05, 4.69) is 53.2 Å². The van der Waals surface area contributed by atoms with Gasteiger partial charge in [0.05, 0.1) is 238 Å². The van der Waals surface area contributed by atoms with Crippen LogP contribution in [0.3, 0.4) is 0 Å². The molecule has 0 radical (unpaired) electrons. The number of carboxylic acids is 2. The number of hydrogen-bond donors (Lipinski definition) is 12. The van der Waals surface area contributed by atoms with Crippen molar-refractivity contribution in [1.29, 1.82) is 0 Å². The Morgan fingerprint density at radius 3 is 0.684 bits per heavy atom. The van der Waals surface area contributed by atoms with E-state index in [1.807, 2.05) is 0 Å². The van der Waals surface area contributed by atoms with Gasteiger partial charge in [0.2, 0.25) is 59.1 Å². The van der Waals surface area contributed by atoms with Crippen molar-refractivity contribution < 1.29 is 182 Å². The highest BCUT2D eigenvalue weighted by Gasteiger charge is 2.50. The van der Waals surface area contributed by atoms with Gasteiger partial charge in [-0.15, -0.1) is 0 Å². The quantitative estimate of drug-likeness (QED) is 0.0200. The Kier molecular flexibility index (Phi) is 77.5. The summed E-state index contributed by atoms with van der Waals surface area (Å²) in [5.41, 5.74) is 0. The van der Waals surface area contributed by atoms with Crippen molar-refractivity contribution in [2.45, 2.75) is 114 Å². The highest BCUT2D eigenvalue weighted by molar-refractivity contribution is 6.19. The topological polar surface area (TPSA) is 625 Å². The van der Waals surface area contributed by atoms with Gasteiger partial charge in [-0.3, -0.25) is 86.5 Å². The van der Waals surface area contributed by atoms with Gasteiger partial charge in [0.15, 0.2) is 0 Å². The summed E-state index contributed by atoms with van der Waals surface area (Å²) in [6.45, 7) is 11.7. The minimum atomic E-state index is -2.23. The van der Waals surface area contributed by atoms with E-state index in [0.29, 0.717) is 221 Å². The van der Waals surface area contributed by atoms with Gasteiger partial charge < -0.3 is 158 Å². The van der Waals surface area contributed by atoms with Crippen LogP contribution in [0.15, 0.2) is 24.3 Å². The van der Waals surface area contributed by atoms with Gasteiger partial charge in [0, 0.05) is 103 Å². The number of nitrogens with zero attached hydrogens (tertiary/aromatic N) is 2.